The highest BCUT2D eigenvalue weighted by Crippen LogP contribution is 2.51. The van der Waals surface area contributed by atoms with E-state index >= 15 is 0 Å². The largest absolute Gasteiger partial charge is 0.346 e. The Labute approximate surface area is 126 Å². The number of fused-ring (bicyclic) bond motifs is 3. The molecule has 0 amide bonds. The minimum absolute atomic E-state index is 0.790. The molecule has 0 heterocycles. The Hall–Kier alpha value is -1.64. The van der Waals surface area contributed by atoms with Crippen molar-refractivity contribution in [2.45, 2.75) is 33.5 Å². The van der Waals surface area contributed by atoms with E-state index in [9.17, 15) is 0 Å². The van der Waals surface area contributed by atoms with Gasteiger partial charge in [-0.15, -0.1) is 0 Å². The van der Waals surface area contributed by atoms with E-state index in [1.807, 2.05) is 0 Å². The molecule has 0 saturated carbocycles. The summed E-state index contributed by atoms with van der Waals surface area (Å²) in [6.45, 7) is 8.56. The molecule has 2 aromatic rings. The molecule has 110 valence electrons. The lowest BCUT2D eigenvalue weighted by molar-refractivity contribution is -0.180. The van der Waals surface area contributed by atoms with Gasteiger partial charge in [-0.2, -0.15) is 0 Å². The first-order chi connectivity index (χ1) is 9.94. The van der Waals surface area contributed by atoms with Crippen molar-refractivity contribution >= 4 is 0 Å². The molecule has 0 aliphatic heterocycles. The van der Waals surface area contributed by atoms with Crippen molar-refractivity contribution in [3.63, 3.8) is 0 Å². The lowest BCUT2D eigenvalue weighted by Crippen LogP contribution is -2.30. The van der Waals surface area contributed by atoms with Gasteiger partial charge in [0.15, 0.2) is 0 Å². The van der Waals surface area contributed by atoms with Crippen molar-refractivity contribution in [3.05, 3.63) is 57.6 Å². The van der Waals surface area contributed by atoms with Crippen LogP contribution in [-0.2, 0) is 15.3 Å². The molecule has 0 spiro atoms. The van der Waals surface area contributed by atoms with Crippen LogP contribution in [0.1, 0.15) is 33.4 Å². The van der Waals surface area contributed by atoms with Gasteiger partial charge in [-0.1, -0.05) is 12.1 Å². The number of hydrogen-bond acceptors (Lipinski definition) is 2. The minimum Gasteiger partial charge on any atom is -0.346 e. The molecule has 0 N–H and O–H groups in total. The van der Waals surface area contributed by atoms with Crippen molar-refractivity contribution in [1.29, 1.82) is 0 Å². The van der Waals surface area contributed by atoms with Crippen LogP contribution in [0.2, 0.25) is 0 Å². The highest BCUT2D eigenvalue weighted by atomic mass is 16.7. The van der Waals surface area contributed by atoms with Crippen LogP contribution in [0.3, 0.4) is 0 Å². The Bertz CT molecular complexity index is 665. The van der Waals surface area contributed by atoms with Crippen molar-refractivity contribution < 1.29 is 9.47 Å². The molecule has 0 radical (unpaired) electrons. The molecule has 0 saturated heterocycles. The normalized spacial score (nSPS) is 15.0. The van der Waals surface area contributed by atoms with Gasteiger partial charge in [0.25, 0.3) is 0 Å². The number of ether oxygens (including phenoxy) is 2. The standard InChI is InChI=1S/C19H22O2/c1-11-7-15-16-8-12(2)14(4)10-18(16)19(20-5,21-6)17(15)9-13(11)3/h7-10H,1-6H3. The molecule has 3 rings (SSSR count). The zero-order valence-corrected chi connectivity index (χ0v) is 13.6. The SMILES string of the molecule is COC1(OC)c2cc(C)c(C)cc2-c2cc(C)c(C)cc21. The van der Waals surface area contributed by atoms with E-state index in [0.717, 1.165) is 11.1 Å². The van der Waals surface area contributed by atoms with Crippen LogP contribution < -0.4 is 0 Å². The highest BCUT2D eigenvalue weighted by Gasteiger charge is 2.44. The molecular weight excluding hydrogens is 260 g/mol. The van der Waals surface area contributed by atoms with Crippen LogP contribution in [0.4, 0.5) is 0 Å². The Balaban J connectivity index is 2.42. The Morgan fingerprint density at radius 3 is 1.29 bits per heavy atom. The van der Waals surface area contributed by atoms with Gasteiger partial charge in [0.2, 0.25) is 5.79 Å². The fraction of sp³-hybridized carbons (Fsp3) is 0.368. The van der Waals surface area contributed by atoms with Crippen molar-refractivity contribution in [1.82, 2.24) is 0 Å². The fourth-order valence-corrected chi connectivity index (χ4v) is 3.29. The molecule has 0 aromatic heterocycles. The second kappa shape index (κ2) is 4.69. The molecular formula is C19H22O2. The van der Waals surface area contributed by atoms with Crippen LogP contribution in [0.25, 0.3) is 11.1 Å². The molecule has 1 aliphatic rings. The van der Waals surface area contributed by atoms with Crippen LogP contribution in [0.5, 0.6) is 0 Å². The van der Waals surface area contributed by atoms with E-state index < -0.39 is 5.79 Å². The predicted octanol–water partition coefficient (Wildman–Crippen LogP) is 4.39. The molecule has 2 aromatic carbocycles. The van der Waals surface area contributed by atoms with E-state index in [1.165, 1.54) is 33.4 Å². The van der Waals surface area contributed by atoms with Crippen LogP contribution in [-0.4, -0.2) is 14.2 Å². The summed E-state index contributed by atoms with van der Waals surface area (Å²) in [5.74, 6) is -0.790. The fourth-order valence-electron chi connectivity index (χ4n) is 3.29. The van der Waals surface area contributed by atoms with Gasteiger partial charge in [-0.3, -0.25) is 0 Å². The van der Waals surface area contributed by atoms with Gasteiger partial charge in [-0.05, 0) is 73.2 Å². The summed E-state index contributed by atoms with van der Waals surface area (Å²) in [6.07, 6.45) is 0. The van der Waals surface area contributed by atoms with Crippen molar-refractivity contribution in [2.75, 3.05) is 14.2 Å². The second-order valence-electron chi connectivity index (χ2n) is 5.99. The maximum absolute atomic E-state index is 5.87. The number of aryl methyl sites for hydroxylation is 4. The second-order valence-corrected chi connectivity index (χ2v) is 5.99. The first-order valence-electron chi connectivity index (χ1n) is 7.28. The third-order valence-corrected chi connectivity index (χ3v) is 4.84. The molecule has 1 aliphatic carbocycles. The molecule has 0 unspecified atom stereocenters. The van der Waals surface area contributed by atoms with E-state index in [1.54, 1.807) is 14.2 Å². The maximum Gasteiger partial charge on any atom is 0.223 e. The Kier molecular flexibility index (Phi) is 3.19. The maximum atomic E-state index is 5.87. The van der Waals surface area contributed by atoms with E-state index in [-0.39, 0.29) is 0 Å². The lowest BCUT2D eigenvalue weighted by atomic mass is 9.98. The van der Waals surface area contributed by atoms with E-state index in [0.29, 0.717) is 0 Å². The molecule has 2 nitrogen and oxygen atoms in total. The Morgan fingerprint density at radius 2 is 0.952 bits per heavy atom. The minimum atomic E-state index is -0.790. The summed E-state index contributed by atoms with van der Waals surface area (Å²) in [5.41, 5.74) is 9.76. The predicted molar refractivity (Wildman–Crippen MR) is 85.6 cm³/mol. The van der Waals surface area contributed by atoms with Gasteiger partial charge in [0.05, 0.1) is 0 Å². The topological polar surface area (TPSA) is 18.5 Å². The smallest absolute Gasteiger partial charge is 0.223 e. The van der Waals surface area contributed by atoms with Crippen molar-refractivity contribution in [3.8, 4) is 11.1 Å². The zero-order chi connectivity index (χ0) is 15.4. The van der Waals surface area contributed by atoms with E-state index in [4.69, 9.17) is 9.47 Å². The third kappa shape index (κ3) is 1.79. The third-order valence-electron chi connectivity index (χ3n) is 4.84. The van der Waals surface area contributed by atoms with Gasteiger partial charge < -0.3 is 9.47 Å². The highest BCUT2D eigenvalue weighted by molar-refractivity contribution is 5.81. The van der Waals surface area contributed by atoms with Gasteiger partial charge in [0, 0.05) is 25.3 Å². The lowest BCUT2D eigenvalue weighted by Gasteiger charge is -2.29. The van der Waals surface area contributed by atoms with Gasteiger partial charge >= 0.3 is 0 Å². The molecule has 0 fully saturated rings. The summed E-state index contributed by atoms with van der Waals surface area (Å²) in [4.78, 5) is 0. The summed E-state index contributed by atoms with van der Waals surface area (Å²) in [5, 5.41) is 0. The number of hydrogen-bond donors (Lipinski definition) is 0. The molecule has 0 bridgehead atoms. The van der Waals surface area contributed by atoms with Gasteiger partial charge in [0.1, 0.15) is 0 Å². The Morgan fingerprint density at radius 1 is 0.619 bits per heavy atom. The molecule has 2 heteroatoms. The number of methoxy groups -OCH3 is 2. The van der Waals surface area contributed by atoms with Crippen LogP contribution in [0, 0.1) is 27.7 Å². The molecule has 21 heavy (non-hydrogen) atoms. The molecule has 0 atom stereocenters. The summed E-state index contributed by atoms with van der Waals surface area (Å²) in [6, 6.07) is 8.89. The monoisotopic (exact) mass is 282 g/mol. The number of rotatable bonds is 2. The summed E-state index contributed by atoms with van der Waals surface area (Å²) < 4.78 is 11.7. The average molecular weight is 282 g/mol. The zero-order valence-electron chi connectivity index (χ0n) is 13.6. The van der Waals surface area contributed by atoms with E-state index in [2.05, 4.69) is 52.0 Å². The summed E-state index contributed by atoms with van der Waals surface area (Å²) >= 11 is 0. The van der Waals surface area contributed by atoms with Crippen molar-refractivity contribution in [2.24, 2.45) is 0 Å². The van der Waals surface area contributed by atoms with Gasteiger partial charge in [-0.25, -0.2) is 0 Å². The van der Waals surface area contributed by atoms with Crippen LogP contribution in [0.15, 0.2) is 24.3 Å². The average Bonchev–Trinajstić information content (AvgIpc) is 2.70. The first-order valence-corrected chi connectivity index (χ1v) is 7.28. The summed E-state index contributed by atoms with van der Waals surface area (Å²) in [7, 11) is 3.43. The quantitative estimate of drug-likeness (QED) is 0.760. The first kappa shape index (κ1) is 14.3. The van der Waals surface area contributed by atoms with Crippen LogP contribution >= 0.6 is 0 Å². The number of benzene rings is 2.